The van der Waals surface area contributed by atoms with E-state index in [-0.39, 0.29) is 5.91 Å². The molecule has 0 aliphatic carbocycles. The molecule has 3 aromatic rings. The fraction of sp³-hybridized carbons (Fsp3) is 0.333. The van der Waals surface area contributed by atoms with E-state index in [0.29, 0.717) is 18.8 Å². The number of fused-ring (bicyclic) bond motifs is 1. The first-order valence-electron chi connectivity index (χ1n) is 8.54. The van der Waals surface area contributed by atoms with Gasteiger partial charge in [0.1, 0.15) is 5.69 Å². The van der Waals surface area contributed by atoms with Gasteiger partial charge in [0.2, 0.25) is 0 Å². The molecule has 0 spiro atoms. The molecule has 7 heteroatoms. The predicted molar refractivity (Wildman–Crippen MR) is 92.7 cm³/mol. The Morgan fingerprint density at radius 3 is 2.76 bits per heavy atom. The smallest absolute Gasteiger partial charge is 0.274 e. The van der Waals surface area contributed by atoms with Crippen molar-refractivity contribution in [3.05, 3.63) is 54.2 Å². The third-order valence-corrected chi connectivity index (χ3v) is 4.46. The highest BCUT2D eigenvalue weighted by Gasteiger charge is 2.23. The third-order valence-electron chi connectivity index (χ3n) is 4.46. The molecule has 1 amide bonds. The summed E-state index contributed by atoms with van der Waals surface area (Å²) >= 11 is 0. The Labute approximate surface area is 145 Å². The molecule has 0 saturated heterocycles. The Morgan fingerprint density at radius 2 is 2.00 bits per heavy atom. The minimum absolute atomic E-state index is 0.0210. The number of hydrogen-bond acceptors (Lipinski definition) is 4. The van der Waals surface area contributed by atoms with Crippen LogP contribution < -0.4 is 0 Å². The van der Waals surface area contributed by atoms with Gasteiger partial charge in [-0.05, 0) is 37.6 Å². The lowest BCUT2D eigenvalue weighted by molar-refractivity contribution is 0.0739. The average molecular weight is 336 g/mol. The molecular formula is C18H20N6O. The molecule has 0 saturated carbocycles. The van der Waals surface area contributed by atoms with Crippen molar-refractivity contribution in [3.63, 3.8) is 0 Å². The van der Waals surface area contributed by atoms with Gasteiger partial charge in [0.15, 0.2) is 0 Å². The third kappa shape index (κ3) is 3.05. The average Bonchev–Trinajstić information content (AvgIpc) is 3.24. The summed E-state index contributed by atoms with van der Waals surface area (Å²) in [5, 5.41) is 9.04. The second-order valence-corrected chi connectivity index (χ2v) is 6.12. The van der Waals surface area contributed by atoms with Crippen LogP contribution in [0.5, 0.6) is 0 Å². The van der Waals surface area contributed by atoms with Crippen LogP contribution in [0.2, 0.25) is 0 Å². The van der Waals surface area contributed by atoms with E-state index in [0.717, 1.165) is 36.5 Å². The Balaban J connectivity index is 1.58. The molecule has 25 heavy (non-hydrogen) atoms. The van der Waals surface area contributed by atoms with Gasteiger partial charge in [-0.25, -0.2) is 0 Å². The van der Waals surface area contributed by atoms with Crippen molar-refractivity contribution in [2.45, 2.75) is 33.0 Å². The number of nitrogens with zero attached hydrogens (tertiary/aromatic N) is 6. The number of aromatic nitrogens is 5. The molecule has 7 nitrogen and oxygen atoms in total. The van der Waals surface area contributed by atoms with Crippen LogP contribution in [0.25, 0.3) is 11.3 Å². The molecule has 0 aromatic carbocycles. The van der Waals surface area contributed by atoms with Crippen LogP contribution in [0.3, 0.4) is 0 Å². The molecule has 0 unspecified atom stereocenters. The van der Waals surface area contributed by atoms with Gasteiger partial charge in [0.25, 0.3) is 5.91 Å². The number of pyridine rings is 1. The summed E-state index contributed by atoms with van der Waals surface area (Å²) in [4.78, 5) is 18.7. The van der Waals surface area contributed by atoms with E-state index in [1.165, 1.54) is 0 Å². The molecule has 3 aromatic heterocycles. The maximum absolute atomic E-state index is 12.8. The van der Waals surface area contributed by atoms with Gasteiger partial charge in [-0.3, -0.25) is 19.1 Å². The normalized spacial score (nSPS) is 14.2. The van der Waals surface area contributed by atoms with E-state index in [2.05, 4.69) is 16.1 Å². The topological polar surface area (TPSA) is 68.8 Å². The first kappa shape index (κ1) is 15.6. The number of amides is 1. The zero-order valence-corrected chi connectivity index (χ0v) is 14.2. The van der Waals surface area contributed by atoms with Gasteiger partial charge in [-0.2, -0.15) is 10.2 Å². The van der Waals surface area contributed by atoms with E-state index in [1.807, 2.05) is 34.8 Å². The predicted octanol–water partition coefficient (Wildman–Crippen LogP) is 2.21. The fourth-order valence-corrected chi connectivity index (χ4v) is 3.11. The lowest BCUT2D eigenvalue weighted by Gasteiger charge is -2.18. The van der Waals surface area contributed by atoms with Crippen molar-refractivity contribution in [2.24, 2.45) is 0 Å². The van der Waals surface area contributed by atoms with E-state index >= 15 is 0 Å². The lowest BCUT2D eigenvalue weighted by Crippen LogP contribution is -2.31. The van der Waals surface area contributed by atoms with Gasteiger partial charge in [-0.15, -0.1) is 0 Å². The quantitative estimate of drug-likeness (QED) is 0.735. The molecule has 0 N–H and O–H groups in total. The molecule has 1 aliphatic heterocycles. The summed E-state index contributed by atoms with van der Waals surface area (Å²) in [6.07, 6.45) is 6.25. The van der Waals surface area contributed by atoms with Crippen molar-refractivity contribution in [3.8, 4) is 11.3 Å². The number of carbonyl (C=O) groups excluding carboxylic acids is 1. The number of rotatable bonds is 3. The zero-order valence-electron chi connectivity index (χ0n) is 14.2. The van der Waals surface area contributed by atoms with Gasteiger partial charge in [-0.1, -0.05) is 0 Å². The summed E-state index contributed by atoms with van der Waals surface area (Å²) in [7, 11) is 0. The van der Waals surface area contributed by atoms with Crippen molar-refractivity contribution >= 4 is 5.91 Å². The zero-order chi connectivity index (χ0) is 17.2. The highest BCUT2D eigenvalue weighted by Crippen LogP contribution is 2.22. The van der Waals surface area contributed by atoms with Crippen molar-refractivity contribution in [1.82, 2.24) is 29.4 Å². The molecule has 4 rings (SSSR count). The maximum Gasteiger partial charge on any atom is 0.274 e. The molecule has 0 bridgehead atoms. The molecule has 128 valence electrons. The Hall–Kier alpha value is -2.96. The van der Waals surface area contributed by atoms with Crippen LogP contribution in [-0.4, -0.2) is 41.9 Å². The highest BCUT2D eigenvalue weighted by molar-refractivity contribution is 5.92. The lowest BCUT2D eigenvalue weighted by atomic mass is 10.2. The van der Waals surface area contributed by atoms with Crippen LogP contribution in [-0.2, 0) is 19.6 Å². The highest BCUT2D eigenvalue weighted by atomic mass is 16.2. The van der Waals surface area contributed by atoms with Gasteiger partial charge >= 0.3 is 0 Å². The second-order valence-electron chi connectivity index (χ2n) is 6.12. The Bertz CT molecular complexity index is 882. The first-order valence-corrected chi connectivity index (χ1v) is 8.54. The van der Waals surface area contributed by atoms with E-state index in [9.17, 15) is 4.79 Å². The molecule has 1 aliphatic rings. The molecule has 4 heterocycles. The van der Waals surface area contributed by atoms with E-state index < -0.39 is 0 Å². The summed E-state index contributed by atoms with van der Waals surface area (Å²) in [6.45, 7) is 4.84. The van der Waals surface area contributed by atoms with Crippen molar-refractivity contribution in [2.75, 3.05) is 6.54 Å². The van der Waals surface area contributed by atoms with Crippen molar-refractivity contribution < 1.29 is 4.79 Å². The summed E-state index contributed by atoms with van der Waals surface area (Å²) in [6, 6.07) is 7.74. The monoisotopic (exact) mass is 336 g/mol. The van der Waals surface area contributed by atoms with Crippen LogP contribution in [0.1, 0.15) is 29.5 Å². The summed E-state index contributed by atoms with van der Waals surface area (Å²) in [5.41, 5.74) is 3.51. The number of hydrogen-bond donors (Lipinski definition) is 0. The SMILES string of the molecule is CCn1ccc(C(=O)N2CCCn3nc(-c4ccncc4)cc3C2)n1. The standard InChI is InChI=1S/C18H20N6O/c1-2-23-11-6-16(20-23)18(25)22-9-3-10-24-15(13-22)12-17(21-24)14-4-7-19-8-5-14/h4-8,11-12H,2-3,9-10,13H2,1H3. The Morgan fingerprint density at radius 1 is 1.16 bits per heavy atom. The number of carbonyl (C=O) groups is 1. The summed E-state index contributed by atoms with van der Waals surface area (Å²) < 4.78 is 3.78. The maximum atomic E-state index is 12.8. The van der Waals surface area contributed by atoms with Crippen LogP contribution >= 0.6 is 0 Å². The second kappa shape index (κ2) is 6.51. The fourth-order valence-electron chi connectivity index (χ4n) is 3.11. The minimum atomic E-state index is -0.0210. The minimum Gasteiger partial charge on any atom is -0.331 e. The summed E-state index contributed by atoms with van der Waals surface area (Å²) in [5.74, 6) is -0.0210. The molecular weight excluding hydrogens is 316 g/mol. The van der Waals surface area contributed by atoms with E-state index in [4.69, 9.17) is 5.10 Å². The molecule has 0 atom stereocenters. The van der Waals surface area contributed by atoms with Gasteiger partial charge in [0, 0.05) is 43.8 Å². The van der Waals surface area contributed by atoms with Crippen LogP contribution in [0.4, 0.5) is 0 Å². The van der Waals surface area contributed by atoms with Crippen LogP contribution in [0, 0.1) is 0 Å². The largest absolute Gasteiger partial charge is 0.331 e. The number of aryl methyl sites for hydroxylation is 2. The van der Waals surface area contributed by atoms with Crippen molar-refractivity contribution in [1.29, 1.82) is 0 Å². The molecule has 0 fully saturated rings. The van der Waals surface area contributed by atoms with Crippen LogP contribution in [0.15, 0.2) is 42.9 Å². The Kier molecular flexibility index (Phi) is 4.05. The first-order chi connectivity index (χ1) is 12.2. The molecule has 0 radical (unpaired) electrons. The van der Waals surface area contributed by atoms with Gasteiger partial charge in [0.05, 0.1) is 17.9 Å². The van der Waals surface area contributed by atoms with E-state index in [1.54, 1.807) is 23.1 Å². The van der Waals surface area contributed by atoms with Gasteiger partial charge < -0.3 is 4.90 Å².